The molecule has 1 aliphatic rings. The third-order valence-corrected chi connectivity index (χ3v) is 5.02. The van der Waals surface area contributed by atoms with Gasteiger partial charge >= 0.3 is 0 Å². The zero-order chi connectivity index (χ0) is 18.8. The molecule has 0 bridgehead atoms. The number of rotatable bonds is 3. The van der Waals surface area contributed by atoms with Crippen LogP contribution in [0.5, 0.6) is 0 Å². The first-order valence-corrected chi connectivity index (χ1v) is 8.97. The van der Waals surface area contributed by atoms with Crippen molar-refractivity contribution in [2.24, 2.45) is 0 Å². The van der Waals surface area contributed by atoms with E-state index in [2.05, 4.69) is 21.2 Å². The number of benzene rings is 2. The van der Waals surface area contributed by atoms with Gasteiger partial charge in [-0.05, 0) is 48.7 Å². The first kappa shape index (κ1) is 18.5. The summed E-state index contributed by atoms with van der Waals surface area (Å²) in [6.07, 6.45) is 0.317. The molecule has 4 nitrogen and oxygen atoms in total. The molecular formula is C19H17BrF2N2O2. The Balaban J connectivity index is 1.68. The molecule has 1 N–H and O–H groups in total. The van der Waals surface area contributed by atoms with E-state index < -0.39 is 17.7 Å². The molecule has 7 heteroatoms. The molecule has 0 aliphatic carbocycles. The van der Waals surface area contributed by atoms with Crippen LogP contribution >= 0.6 is 15.9 Å². The average Bonchev–Trinajstić information content (AvgIpc) is 2.60. The van der Waals surface area contributed by atoms with Crippen LogP contribution < -0.4 is 5.32 Å². The first-order chi connectivity index (χ1) is 12.4. The van der Waals surface area contributed by atoms with Crippen molar-refractivity contribution >= 4 is 27.7 Å². The van der Waals surface area contributed by atoms with E-state index in [1.165, 1.54) is 11.0 Å². The van der Waals surface area contributed by atoms with E-state index in [-0.39, 0.29) is 18.4 Å². The van der Waals surface area contributed by atoms with E-state index in [9.17, 15) is 18.4 Å². The van der Waals surface area contributed by atoms with Crippen molar-refractivity contribution in [3.8, 4) is 0 Å². The van der Waals surface area contributed by atoms with Gasteiger partial charge in [0.15, 0.2) is 0 Å². The van der Waals surface area contributed by atoms with Crippen LogP contribution in [0, 0.1) is 11.6 Å². The van der Waals surface area contributed by atoms with Crippen LogP contribution in [0.15, 0.2) is 40.9 Å². The molecule has 3 rings (SSSR count). The second-order valence-electron chi connectivity index (χ2n) is 6.16. The molecule has 0 spiro atoms. The summed E-state index contributed by atoms with van der Waals surface area (Å²) in [6.45, 7) is 1.87. The number of amides is 2. The van der Waals surface area contributed by atoms with E-state index in [4.69, 9.17) is 0 Å². The normalized spacial score (nSPS) is 16.2. The van der Waals surface area contributed by atoms with Gasteiger partial charge in [0.2, 0.25) is 5.91 Å². The Labute approximate surface area is 158 Å². The molecule has 1 aliphatic heterocycles. The lowest BCUT2D eigenvalue weighted by atomic mass is 9.93. The van der Waals surface area contributed by atoms with Crippen LogP contribution in [0.25, 0.3) is 0 Å². The summed E-state index contributed by atoms with van der Waals surface area (Å²) in [4.78, 5) is 26.2. The van der Waals surface area contributed by atoms with Crippen LogP contribution in [0.1, 0.15) is 34.5 Å². The maximum atomic E-state index is 13.9. The van der Waals surface area contributed by atoms with Gasteiger partial charge in [-0.3, -0.25) is 9.59 Å². The van der Waals surface area contributed by atoms with Gasteiger partial charge in [0.05, 0.1) is 12.6 Å². The molecule has 0 unspecified atom stereocenters. The monoisotopic (exact) mass is 422 g/mol. The number of carbonyl (C=O) groups excluding carboxylic acids is 2. The molecule has 2 aromatic carbocycles. The highest BCUT2D eigenvalue weighted by Crippen LogP contribution is 2.31. The van der Waals surface area contributed by atoms with E-state index in [0.717, 1.165) is 10.5 Å². The number of hydrogen-bond acceptors (Lipinski definition) is 2. The van der Waals surface area contributed by atoms with E-state index in [1.807, 2.05) is 0 Å². The van der Waals surface area contributed by atoms with E-state index in [0.29, 0.717) is 29.7 Å². The Hall–Kier alpha value is -2.28. The fraction of sp³-hybridized carbons (Fsp3) is 0.263. The molecule has 2 amide bonds. The lowest BCUT2D eigenvalue weighted by Crippen LogP contribution is -2.44. The maximum absolute atomic E-state index is 13.9. The number of nitrogens with zero attached hydrogens (tertiary/aromatic N) is 1. The summed E-state index contributed by atoms with van der Waals surface area (Å²) in [7, 11) is 0. The minimum Gasteiger partial charge on any atom is -0.343 e. The van der Waals surface area contributed by atoms with Crippen LogP contribution in [0.4, 0.5) is 8.78 Å². The highest BCUT2D eigenvalue weighted by molar-refractivity contribution is 9.10. The Kier molecular flexibility index (Phi) is 5.36. The zero-order valence-electron chi connectivity index (χ0n) is 14.1. The highest BCUT2D eigenvalue weighted by Gasteiger charge is 2.29. The van der Waals surface area contributed by atoms with Crippen molar-refractivity contribution < 1.29 is 18.4 Å². The zero-order valence-corrected chi connectivity index (χ0v) is 15.6. The molecule has 136 valence electrons. The molecule has 0 aromatic heterocycles. The highest BCUT2D eigenvalue weighted by atomic mass is 79.9. The van der Waals surface area contributed by atoms with Crippen molar-refractivity contribution in [1.82, 2.24) is 10.2 Å². The topological polar surface area (TPSA) is 49.4 Å². The van der Waals surface area contributed by atoms with Gasteiger partial charge in [-0.25, -0.2) is 8.78 Å². The summed E-state index contributed by atoms with van der Waals surface area (Å²) < 4.78 is 28.2. The molecule has 2 aromatic rings. The smallest absolute Gasteiger partial charge is 0.251 e. The van der Waals surface area contributed by atoms with Crippen molar-refractivity contribution in [3.63, 3.8) is 0 Å². The Bertz CT molecular complexity index is 873. The third kappa shape index (κ3) is 3.77. The van der Waals surface area contributed by atoms with Crippen molar-refractivity contribution in [2.75, 3.05) is 13.1 Å². The minimum atomic E-state index is -0.662. The Morgan fingerprint density at radius 2 is 2.04 bits per heavy atom. The summed E-state index contributed by atoms with van der Waals surface area (Å²) >= 11 is 3.29. The summed E-state index contributed by atoms with van der Waals surface area (Å²) in [6, 6.07) is 8.50. The molecule has 26 heavy (non-hydrogen) atoms. The third-order valence-electron chi connectivity index (χ3n) is 4.52. The van der Waals surface area contributed by atoms with Gasteiger partial charge in [-0.1, -0.05) is 22.0 Å². The van der Waals surface area contributed by atoms with Gasteiger partial charge < -0.3 is 10.2 Å². The molecule has 0 saturated carbocycles. The SMILES string of the molecule is C[C@H]1c2cc(F)cc(F)c2CCN1C(=O)CNC(=O)c1cccc(Br)c1. The van der Waals surface area contributed by atoms with Crippen LogP contribution in [-0.2, 0) is 11.2 Å². The lowest BCUT2D eigenvalue weighted by molar-refractivity contribution is -0.132. The molecule has 1 heterocycles. The summed E-state index contributed by atoms with van der Waals surface area (Å²) in [5.74, 6) is -1.90. The Morgan fingerprint density at radius 3 is 2.77 bits per heavy atom. The standard InChI is InChI=1S/C19H17BrF2N2O2/c1-11-16-8-14(21)9-17(22)15(16)5-6-24(11)18(25)10-23-19(26)12-3-2-4-13(20)7-12/h2-4,7-9,11H,5-6,10H2,1H3,(H,23,26)/t11-/m0/s1. The number of nitrogens with one attached hydrogen (secondary N) is 1. The number of hydrogen-bond donors (Lipinski definition) is 1. The van der Waals surface area contributed by atoms with Gasteiger partial charge in [0.1, 0.15) is 11.6 Å². The lowest BCUT2D eigenvalue weighted by Gasteiger charge is -2.35. The number of fused-ring (bicyclic) bond motifs is 1. The van der Waals surface area contributed by atoms with Gasteiger partial charge in [-0.15, -0.1) is 0 Å². The average molecular weight is 423 g/mol. The first-order valence-electron chi connectivity index (χ1n) is 8.18. The molecule has 1 atom stereocenters. The van der Waals surface area contributed by atoms with Crippen molar-refractivity contribution in [1.29, 1.82) is 0 Å². The van der Waals surface area contributed by atoms with Crippen LogP contribution in [0.2, 0.25) is 0 Å². The fourth-order valence-corrected chi connectivity index (χ4v) is 3.58. The second kappa shape index (κ2) is 7.53. The molecule has 0 saturated heterocycles. The largest absolute Gasteiger partial charge is 0.343 e. The van der Waals surface area contributed by atoms with Gasteiger partial charge in [0, 0.05) is 22.6 Å². The maximum Gasteiger partial charge on any atom is 0.251 e. The minimum absolute atomic E-state index is 0.178. The fourth-order valence-electron chi connectivity index (χ4n) is 3.18. The van der Waals surface area contributed by atoms with Crippen molar-refractivity contribution in [2.45, 2.75) is 19.4 Å². The predicted molar refractivity (Wildman–Crippen MR) is 96.7 cm³/mol. The van der Waals surface area contributed by atoms with Crippen molar-refractivity contribution in [3.05, 3.63) is 69.2 Å². The van der Waals surface area contributed by atoms with Gasteiger partial charge in [0.25, 0.3) is 5.91 Å². The predicted octanol–water partition coefficient (Wildman–Crippen LogP) is 3.60. The molecule has 0 radical (unpaired) electrons. The second-order valence-corrected chi connectivity index (χ2v) is 7.08. The van der Waals surface area contributed by atoms with Gasteiger partial charge in [-0.2, -0.15) is 0 Å². The molecular weight excluding hydrogens is 406 g/mol. The quantitative estimate of drug-likeness (QED) is 0.821. The summed E-state index contributed by atoms with van der Waals surface area (Å²) in [5, 5.41) is 2.59. The number of halogens is 3. The summed E-state index contributed by atoms with van der Waals surface area (Å²) in [5.41, 5.74) is 1.36. The van der Waals surface area contributed by atoms with Crippen LogP contribution in [-0.4, -0.2) is 29.8 Å². The van der Waals surface area contributed by atoms with E-state index >= 15 is 0 Å². The Morgan fingerprint density at radius 1 is 1.27 bits per heavy atom. The molecule has 0 fully saturated rings. The van der Waals surface area contributed by atoms with Crippen LogP contribution in [0.3, 0.4) is 0 Å². The number of carbonyl (C=O) groups is 2. The van der Waals surface area contributed by atoms with E-state index in [1.54, 1.807) is 31.2 Å².